The molecule has 0 aromatic heterocycles. The third-order valence-corrected chi connectivity index (χ3v) is 1.99. The molecule has 0 aromatic carbocycles. The van der Waals surface area contributed by atoms with Crippen molar-refractivity contribution >= 4 is 5.78 Å². The van der Waals surface area contributed by atoms with E-state index in [1.807, 2.05) is 18.2 Å². The lowest BCUT2D eigenvalue weighted by Crippen LogP contribution is -2.05. The fraction of sp³-hybridized carbons (Fsp3) is 0.500. The first-order chi connectivity index (χ1) is 5.33. The number of hydrogen-bond acceptors (Lipinski definition) is 1. The maximum absolute atomic E-state index is 11.1. The first kappa shape index (κ1) is 8.25. The predicted molar refractivity (Wildman–Crippen MR) is 46.3 cm³/mol. The third-order valence-electron chi connectivity index (χ3n) is 1.99. The SMILES string of the molecule is CCC1/C=C\C=C/CC(=O)C1. The second kappa shape index (κ2) is 4.12. The van der Waals surface area contributed by atoms with Gasteiger partial charge in [0.2, 0.25) is 0 Å². The minimum atomic E-state index is 0.359. The quantitative estimate of drug-likeness (QED) is 0.561. The highest BCUT2D eigenvalue weighted by atomic mass is 16.1. The molecule has 0 radical (unpaired) electrons. The third kappa shape index (κ3) is 2.71. The van der Waals surface area contributed by atoms with E-state index < -0.39 is 0 Å². The molecule has 0 aromatic rings. The molecule has 0 N–H and O–H groups in total. The molecule has 0 spiro atoms. The first-order valence-electron chi connectivity index (χ1n) is 4.18. The summed E-state index contributed by atoms with van der Waals surface area (Å²) in [4.78, 5) is 11.1. The maximum atomic E-state index is 11.1. The molecule has 0 aliphatic heterocycles. The lowest BCUT2D eigenvalue weighted by atomic mass is 9.96. The highest BCUT2D eigenvalue weighted by molar-refractivity contribution is 5.80. The Labute approximate surface area is 67.8 Å². The van der Waals surface area contributed by atoms with Crippen LogP contribution in [-0.4, -0.2) is 5.78 Å². The van der Waals surface area contributed by atoms with Gasteiger partial charge in [0.25, 0.3) is 0 Å². The number of allylic oxidation sites excluding steroid dienone is 4. The zero-order valence-corrected chi connectivity index (χ0v) is 6.92. The molecule has 0 amide bonds. The number of rotatable bonds is 1. The lowest BCUT2D eigenvalue weighted by molar-refractivity contribution is -0.118. The minimum Gasteiger partial charge on any atom is -0.299 e. The average molecular weight is 150 g/mol. The van der Waals surface area contributed by atoms with Crippen LogP contribution in [0.25, 0.3) is 0 Å². The van der Waals surface area contributed by atoms with Gasteiger partial charge in [-0.2, -0.15) is 0 Å². The minimum absolute atomic E-state index is 0.359. The largest absolute Gasteiger partial charge is 0.299 e. The second-order valence-corrected chi connectivity index (χ2v) is 2.93. The summed E-state index contributed by atoms with van der Waals surface area (Å²) in [7, 11) is 0. The van der Waals surface area contributed by atoms with E-state index in [-0.39, 0.29) is 0 Å². The highest BCUT2D eigenvalue weighted by Gasteiger charge is 2.08. The number of hydrogen-bond donors (Lipinski definition) is 0. The van der Waals surface area contributed by atoms with Gasteiger partial charge in [-0.1, -0.05) is 31.2 Å². The molecule has 0 saturated carbocycles. The van der Waals surface area contributed by atoms with Crippen molar-refractivity contribution in [1.82, 2.24) is 0 Å². The van der Waals surface area contributed by atoms with Crippen molar-refractivity contribution in [3.8, 4) is 0 Å². The van der Waals surface area contributed by atoms with Gasteiger partial charge in [-0.3, -0.25) is 4.79 Å². The van der Waals surface area contributed by atoms with Crippen LogP contribution >= 0.6 is 0 Å². The first-order valence-corrected chi connectivity index (χ1v) is 4.18. The van der Waals surface area contributed by atoms with Crippen LogP contribution in [0.1, 0.15) is 26.2 Å². The molecular weight excluding hydrogens is 136 g/mol. The van der Waals surface area contributed by atoms with E-state index >= 15 is 0 Å². The monoisotopic (exact) mass is 150 g/mol. The van der Waals surface area contributed by atoms with Crippen LogP contribution < -0.4 is 0 Å². The van der Waals surface area contributed by atoms with Crippen LogP contribution in [0.4, 0.5) is 0 Å². The average Bonchev–Trinajstić information content (AvgIpc) is 1.96. The summed E-state index contributed by atoms with van der Waals surface area (Å²) >= 11 is 0. The zero-order valence-electron chi connectivity index (χ0n) is 6.92. The summed E-state index contributed by atoms with van der Waals surface area (Å²) in [6.07, 6.45) is 10.4. The van der Waals surface area contributed by atoms with Gasteiger partial charge >= 0.3 is 0 Å². The molecule has 1 aliphatic carbocycles. The fourth-order valence-electron chi connectivity index (χ4n) is 1.22. The predicted octanol–water partition coefficient (Wildman–Crippen LogP) is 2.49. The van der Waals surface area contributed by atoms with Gasteiger partial charge in [0.15, 0.2) is 0 Å². The Bertz CT molecular complexity index is 189. The molecule has 0 fully saturated rings. The summed E-state index contributed by atoms with van der Waals surface area (Å²) in [5.41, 5.74) is 0. The van der Waals surface area contributed by atoms with Gasteiger partial charge in [-0.05, 0) is 12.3 Å². The molecule has 60 valence electrons. The highest BCUT2D eigenvalue weighted by Crippen LogP contribution is 2.13. The van der Waals surface area contributed by atoms with Crippen LogP contribution in [0.2, 0.25) is 0 Å². The fourth-order valence-corrected chi connectivity index (χ4v) is 1.22. The molecule has 1 atom stereocenters. The number of carbonyl (C=O) groups excluding carboxylic acids is 1. The number of ketones is 1. The van der Waals surface area contributed by atoms with E-state index in [0.717, 1.165) is 12.8 Å². The van der Waals surface area contributed by atoms with Crippen molar-refractivity contribution in [1.29, 1.82) is 0 Å². The molecule has 1 heteroatoms. The smallest absolute Gasteiger partial charge is 0.137 e. The summed E-state index contributed by atoms with van der Waals surface area (Å²) < 4.78 is 0. The number of carbonyl (C=O) groups is 1. The van der Waals surface area contributed by atoms with E-state index in [4.69, 9.17) is 0 Å². The lowest BCUT2D eigenvalue weighted by Gasteiger charge is -2.08. The van der Waals surface area contributed by atoms with E-state index in [0.29, 0.717) is 18.1 Å². The van der Waals surface area contributed by atoms with Gasteiger partial charge in [-0.25, -0.2) is 0 Å². The molecule has 11 heavy (non-hydrogen) atoms. The van der Waals surface area contributed by atoms with Gasteiger partial charge in [0.1, 0.15) is 5.78 Å². The van der Waals surface area contributed by atoms with Crippen molar-refractivity contribution in [3.63, 3.8) is 0 Å². The Hall–Kier alpha value is -0.850. The summed E-state index contributed by atoms with van der Waals surface area (Å²) in [5, 5.41) is 0. The van der Waals surface area contributed by atoms with Crippen molar-refractivity contribution in [2.75, 3.05) is 0 Å². The molecule has 1 rings (SSSR count). The molecule has 1 unspecified atom stereocenters. The van der Waals surface area contributed by atoms with E-state index in [1.54, 1.807) is 0 Å². The molecule has 0 heterocycles. The van der Waals surface area contributed by atoms with Crippen LogP contribution in [0, 0.1) is 5.92 Å². The van der Waals surface area contributed by atoms with E-state index in [2.05, 4.69) is 13.0 Å². The Morgan fingerprint density at radius 2 is 2.36 bits per heavy atom. The van der Waals surface area contributed by atoms with Gasteiger partial charge in [0, 0.05) is 12.8 Å². The van der Waals surface area contributed by atoms with Crippen LogP contribution in [0.15, 0.2) is 24.3 Å². The van der Waals surface area contributed by atoms with Gasteiger partial charge < -0.3 is 0 Å². The van der Waals surface area contributed by atoms with Crippen LogP contribution in [0.3, 0.4) is 0 Å². The Morgan fingerprint density at radius 1 is 1.55 bits per heavy atom. The van der Waals surface area contributed by atoms with E-state index in [9.17, 15) is 4.79 Å². The topological polar surface area (TPSA) is 17.1 Å². The molecule has 1 aliphatic rings. The van der Waals surface area contributed by atoms with Crippen LogP contribution in [-0.2, 0) is 4.79 Å². The standard InChI is InChI=1S/C10H14O/c1-2-9-6-4-3-5-7-10(11)8-9/h3-6,9H,2,7-8H2,1H3/b5-3-,6-4-. The summed E-state index contributed by atoms with van der Waals surface area (Å²) in [5.74, 6) is 0.824. The Kier molecular flexibility index (Phi) is 3.09. The Morgan fingerprint density at radius 3 is 3.09 bits per heavy atom. The zero-order chi connectivity index (χ0) is 8.10. The molecule has 0 bridgehead atoms. The Balaban J connectivity index is 2.60. The molecule has 0 saturated heterocycles. The number of Topliss-reactive ketones (excluding diaryl/α,β-unsaturated/α-hetero) is 1. The van der Waals surface area contributed by atoms with Crippen LogP contribution in [0.5, 0.6) is 0 Å². The van der Waals surface area contributed by atoms with Crippen molar-refractivity contribution in [3.05, 3.63) is 24.3 Å². The summed E-state index contributed by atoms with van der Waals surface area (Å²) in [6, 6.07) is 0. The van der Waals surface area contributed by atoms with E-state index in [1.165, 1.54) is 0 Å². The van der Waals surface area contributed by atoms with Gasteiger partial charge in [-0.15, -0.1) is 0 Å². The van der Waals surface area contributed by atoms with Gasteiger partial charge in [0.05, 0.1) is 0 Å². The van der Waals surface area contributed by atoms with Crippen molar-refractivity contribution in [2.24, 2.45) is 5.92 Å². The molecule has 1 nitrogen and oxygen atoms in total. The molecular formula is C10H14O. The normalized spacial score (nSPS) is 30.6. The summed E-state index contributed by atoms with van der Waals surface area (Å²) in [6.45, 7) is 2.12. The maximum Gasteiger partial charge on any atom is 0.137 e. The van der Waals surface area contributed by atoms with Crippen molar-refractivity contribution in [2.45, 2.75) is 26.2 Å². The second-order valence-electron chi connectivity index (χ2n) is 2.93. The van der Waals surface area contributed by atoms with Crippen molar-refractivity contribution < 1.29 is 4.79 Å².